The third kappa shape index (κ3) is 45.7. The van der Waals surface area contributed by atoms with Crippen LogP contribution >= 0.6 is 0 Å². The zero-order valence-electron chi connectivity index (χ0n) is 66.5. The standard InChI is InChI=1S/C31H40N2.C27H41N3.2C4H7O.4C4H11Si.2Y/c1-20(2)25-16-12-17-26(21(3)4)29(25)32-31(24-14-10-9-11-15-24)33-30-27(22(5)6)18-13-19-28(30)23(7)8;1-17(2)21-13-11-14-22(18(3)4)25(21)28-27(30(9)10)29-26-23(19(5)6)15-12-16-24(26)20(7)8;2*1-2-4-5-3-1;4*1-5(2,3)4;;/h9-23,31H,1-8H3;11-20,27H,1-10H3;2*3H,1-2,4H2;4*1H2,2-4H3;;/q2*-2;6*-1;;. The van der Waals surface area contributed by atoms with Crippen molar-refractivity contribution in [2.75, 3.05) is 27.3 Å². The predicted molar refractivity (Wildman–Crippen MR) is 431 cm³/mol. The molecule has 95 heavy (non-hydrogen) atoms. The molecular weight excluding hydrogens is 1380 g/mol. The first-order chi connectivity index (χ1) is 42.7. The molecule has 0 aliphatic carbocycles. The molecule has 2 aliphatic rings. The van der Waals surface area contributed by atoms with E-state index in [0.717, 1.165) is 54.4 Å². The van der Waals surface area contributed by atoms with Gasteiger partial charge >= 0.3 is 0 Å². The summed E-state index contributed by atoms with van der Waals surface area (Å²) in [6.07, 6.45) is 4.20. The number of hydrogen-bond donors (Lipinski definition) is 0. The largest absolute Gasteiger partial charge is 0.693 e. The van der Waals surface area contributed by atoms with Gasteiger partial charge in [0, 0.05) is 78.6 Å². The minimum absolute atomic E-state index is 0. The summed E-state index contributed by atoms with van der Waals surface area (Å²) in [5.41, 5.74) is 15.9. The van der Waals surface area contributed by atoms with Crippen LogP contribution in [0.5, 0.6) is 0 Å². The van der Waals surface area contributed by atoms with E-state index in [1.54, 1.807) is 0 Å². The van der Waals surface area contributed by atoms with Gasteiger partial charge in [-0.15, -0.1) is 61.3 Å². The number of ether oxygens (including phenoxy) is 2. The number of para-hydroxylation sites is 4. The van der Waals surface area contributed by atoms with E-state index in [2.05, 4.69) is 338 Å². The maximum absolute atomic E-state index is 5.40. The van der Waals surface area contributed by atoms with Gasteiger partial charge in [-0.1, -0.05) is 355 Å². The molecule has 13 heteroatoms. The van der Waals surface area contributed by atoms with E-state index < -0.39 is 32.3 Å². The van der Waals surface area contributed by atoms with E-state index >= 15 is 0 Å². The second-order valence-corrected chi connectivity index (χ2v) is 53.1. The molecule has 2 aliphatic heterocycles. The first-order valence-electron chi connectivity index (χ1n) is 35.1. The van der Waals surface area contributed by atoms with E-state index in [0.29, 0.717) is 47.3 Å². The van der Waals surface area contributed by atoms with Gasteiger partial charge in [-0.3, -0.25) is 0 Å². The Labute approximate surface area is 644 Å². The van der Waals surface area contributed by atoms with Crippen LogP contribution in [0.4, 0.5) is 22.7 Å². The van der Waals surface area contributed by atoms with E-state index in [9.17, 15) is 0 Å². The summed E-state index contributed by atoms with van der Waals surface area (Å²) in [4.78, 5) is 2.11. The number of benzene rings is 5. The van der Waals surface area contributed by atoms with E-state index in [1.807, 2.05) is 13.2 Å². The molecule has 0 atom stereocenters. The number of rotatable bonds is 18. The van der Waals surface area contributed by atoms with Gasteiger partial charge in [-0.25, -0.2) is 13.2 Å². The molecule has 7 rings (SSSR count). The van der Waals surface area contributed by atoms with Crippen LogP contribution in [0.25, 0.3) is 21.3 Å². The smallest absolute Gasteiger partial charge is 0.00878 e. The predicted octanol–water partition coefficient (Wildman–Crippen LogP) is 28.0. The van der Waals surface area contributed by atoms with Crippen LogP contribution in [0.2, 0.25) is 78.6 Å². The zero-order valence-corrected chi connectivity index (χ0v) is 76.2. The molecule has 0 spiro atoms. The van der Waals surface area contributed by atoms with Gasteiger partial charge in [0.15, 0.2) is 0 Å². The Bertz CT molecular complexity index is 2440. The molecule has 0 aromatic heterocycles. The van der Waals surface area contributed by atoms with Crippen LogP contribution in [-0.2, 0) is 74.9 Å². The summed E-state index contributed by atoms with van der Waals surface area (Å²) in [6.45, 7) is 83.7. The Hall–Kier alpha value is -1.74. The molecule has 2 radical (unpaired) electrons. The third-order valence-electron chi connectivity index (χ3n) is 13.3. The van der Waals surface area contributed by atoms with Crippen LogP contribution in [0, 0.1) is 39.4 Å². The topological polar surface area (TPSA) is 78.1 Å². The fourth-order valence-corrected chi connectivity index (χ4v) is 9.02. The number of nitrogens with zero attached hydrogens (tertiary/aromatic N) is 5. The summed E-state index contributed by atoms with van der Waals surface area (Å²) in [7, 11) is 0.690. The van der Waals surface area contributed by atoms with Crippen molar-refractivity contribution in [3.05, 3.63) is 214 Å². The van der Waals surface area contributed by atoms with E-state index in [4.69, 9.17) is 30.7 Å². The maximum atomic E-state index is 5.40. The van der Waals surface area contributed by atoms with Crippen LogP contribution in [0.1, 0.15) is 240 Å². The fourth-order valence-electron chi connectivity index (χ4n) is 9.02. The van der Waals surface area contributed by atoms with Crippen molar-refractivity contribution in [1.29, 1.82) is 0 Å². The average molecular weight is 1520 g/mol. The summed E-state index contributed by atoms with van der Waals surface area (Å²) < 4.78 is 9.64. The minimum atomic E-state index is -0.861. The molecule has 0 unspecified atom stereocenters. The van der Waals surface area contributed by atoms with E-state index in [1.165, 1.54) is 57.3 Å². The second-order valence-electron chi connectivity index (χ2n) is 32.6. The van der Waals surface area contributed by atoms with E-state index in [-0.39, 0.29) is 77.9 Å². The summed E-state index contributed by atoms with van der Waals surface area (Å²) >= 11 is 0. The van der Waals surface area contributed by atoms with Gasteiger partial charge in [0.1, 0.15) is 0 Å². The van der Waals surface area contributed by atoms with Gasteiger partial charge in [-0.05, 0) is 61.4 Å². The van der Waals surface area contributed by atoms with Crippen molar-refractivity contribution in [2.24, 2.45) is 0 Å². The first-order valence-corrected chi connectivity index (χ1v) is 49.9. The molecule has 0 N–H and O–H groups in total. The normalized spacial score (nSPS) is 13.0. The van der Waals surface area contributed by atoms with Crippen molar-refractivity contribution in [2.45, 2.75) is 275 Å². The maximum Gasteiger partial charge on any atom is 0.00878 e. The summed E-state index contributed by atoms with van der Waals surface area (Å²) in [6, 6.07) is 36.9. The van der Waals surface area contributed by atoms with Crippen LogP contribution in [0.15, 0.2) is 103 Å². The van der Waals surface area contributed by atoms with Crippen molar-refractivity contribution < 1.29 is 74.9 Å². The van der Waals surface area contributed by atoms with Crippen LogP contribution < -0.4 is 0 Å². The first kappa shape index (κ1) is 97.4. The molecule has 0 bridgehead atoms. The fraction of sp³-hybridized carbons (Fsp3) is 0.561. The Morgan fingerprint density at radius 1 is 0.337 bits per heavy atom. The van der Waals surface area contributed by atoms with Gasteiger partial charge < -0.3 is 61.8 Å². The van der Waals surface area contributed by atoms with Gasteiger partial charge in [0.05, 0.1) is 0 Å². The average Bonchev–Trinajstić information content (AvgIpc) is 1.09. The van der Waals surface area contributed by atoms with Crippen LogP contribution in [0.3, 0.4) is 0 Å². The molecule has 2 fully saturated rings. The van der Waals surface area contributed by atoms with Crippen molar-refractivity contribution in [1.82, 2.24) is 4.90 Å². The van der Waals surface area contributed by atoms with Gasteiger partial charge in [0.25, 0.3) is 0 Å². The van der Waals surface area contributed by atoms with Crippen molar-refractivity contribution >= 4 is 55.0 Å². The third-order valence-corrected chi connectivity index (χ3v) is 13.3. The Balaban J connectivity index is -0.00000122. The van der Waals surface area contributed by atoms with Gasteiger partial charge in [-0.2, -0.15) is 19.0 Å². The number of hydrogen-bond acceptors (Lipinski definition) is 3. The minimum Gasteiger partial charge on any atom is -0.693 e. The molecule has 536 valence electrons. The molecule has 0 amide bonds. The second kappa shape index (κ2) is 49.0. The molecular formula is C82H139N5O2Si4Y2-10. The molecule has 7 nitrogen and oxygen atoms in total. The molecule has 2 heterocycles. The Morgan fingerprint density at radius 3 is 0.684 bits per heavy atom. The van der Waals surface area contributed by atoms with Crippen molar-refractivity contribution in [3.63, 3.8) is 0 Å². The summed E-state index contributed by atoms with van der Waals surface area (Å²) in [5.74, 6) is 3.25. The molecule has 5 aromatic rings. The monoisotopic (exact) mass is 1520 g/mol. The Morgan fingerprint density at radius 2 is 0.537 bits per heavy atom. The molecule has 0 saturated carbocycles. The Kier molecular flexibility index (Phi) is 50.2. The zero-order chi connectivity index (χ0) is 71.8. The molecule has 2 saturated heterocycles. The van der Waals surface area contributed by atoms with Crippen LogP contribution in [-0.4, -0.2) is 70.8 Å². The SMILES string of the molecule is CC(C)c1cccc(C(C)C)c1[N-]C([N-]c1c(C(C)C)cccc1C(C)C)N(C)C.CC(C)c1cccc(C(C)C)c1[N-]C([N-]c1c(C(C)C)cccc1C(C)C)c1ccccc1.[CH-]1CCCO1.[CH-]1CCCO1.[CH2-][Si](C)(C)C.[CH2-][Si](C)(C)C.[CH2-][Si](C)(C)C.[CH2-][Si](C)(C)C.[Y].[Y]. The quantitative estimate of drug-likeness (QED) is 0.0648. The van der Waals surface area contributed by atoms with Crippen molar-refractivity contribution in [3.8, 4) is 0 Å². The van der Waals surface area contributed by atoms with Gasteiger partial charge in [0.2, 0.25) is 0 Å². The summed E-state index contributed by atoms with van der Waals surface area (Å²) in [5, 5.41) is 21.3. The molecule has 5 aromatic carbocycles.